The molecule has 0 bridgehead atoms. The van der Waals surface area contributed by atoms with E-state index in [2.05, 4.69) is 10.6 Å². The highest BCUT2D eigenvalue weighted by molar-refractivity contribution is 5.94. The average Bonchev–Trinajstić information content (AvgIpc) is 2.42. The first-order valence-corrected chi connectivity index (χ1v) is 6.76. The quantitative estimate of drug-likeness (QED) is 0.805. The number of carbonyl (C=O) groups excluding carboxylic acids is 1. The molecule has 0 saturated heterocycles. The molecular formula is C14H16F6N2O. The Bertz CT molecular complexity index is 521. The Balaban J connectivity index is 3.07. The Labute approximate surface area is 129 Å². The summed E-state index contributed by atoms with van der Waals surface area (Å²) >= 11 is 0. The van der Waals surface area contributed by atoms with Gasteiger partial charge in [-0.3, -0.25) is 4.79 Å². The Morgan fingerprint density at radius 1 is 1.04 bits per heavy atom. The number of halogens is 6. The SMILES string of the molecule is CCN[C@H](C)CNC(=O)c1cc(C(F)(F)F)cc(C(F)(F)F)c1. The van der Waals surface area contributed by atoms with E-state index in [0.717, 1.165) is 0 Å². The molecule has 0 aromatic heterocycles. The summed E-state index contributed by atoms with van der Waals surface area (Å²) in [6, 6.07) is 0.625. The molecule has 3 nitrogen and oxygen atoms in total. The molecule has 0 fully saturated rings. The molecule has 130 valence electrons. The molecule has 0 unspecified atom stereocenters. The van der Waals surface area contributed by atoms with E-state index in [1.807, 2.05) is 6.92 Å². The van der Waals surface area contributed by atoms with Crippen molar-refractivity contribution in [3.8, 4) is 0 Å². The number of alkyl halides is 6. The zero-order valence-electron chi connectivity index (χ0n) is 12.4. The smallest absolute Gasteiger partial charge is 0.350 e. The van der Waals surface area contributed by atoms with Gasteiger partial charge in [0, 0.05) is 18.2 Å². The van der Waals surface area contributed by atoms with Crippen LogP contribution in [0.2, 0.25) is 0 Å². The van der Waals surface area contributed by atoms with Crippen molar-refractivity contribution in [3.63, 3.8) is 0 Å². The zero-order chi connectivity index (χ0) is 17.8. The van der Waals surface area contributed by atoms with E-state index in [4.69, 9.17) is 0 Å². The van der Waals surface area contributed by atoms with Crippen LogP contribution in [0.15, 0.2) is 18.2 Å². The molecule has 0 saturated carbocycles. The van der Waals surface area contributed by atoms with E-state index in [9.17, 15) is 31.1 Å². The summed E-state index contributed by atoms with van der Waals surface area (Å²) in [6.45, 7) is 4.22. The van der Waals surface area contributed by atoms with E-state index in [1.54, 1.807) is 6.92 Å². The Hall–Kier alpha value is -1.77. The third-order valence-electron chi connectivity index (χ3n) is 2.97. The summed E-state index contributed by atoms with van der Waals surface area (Å²) in [4.78, 5) is 11.8. The second-order valence-electron chi connectivity index (χ2n) is 4.96. The fourth-order valence-corrected chi connectivity index (χ4v) is 1.85. The molecule has 1 rings (SSSR count). The third kappa shape index (κ3) is 5.74. The van der Waals surface area contributed by atoms with Gasteiger partial charge < -0.3 is 10.6 Å². The van der Waals surface area contributed by atoms with E-state index >= 15 is 0 Å². The van der Waals surface area contributed by atoms with Gasteiger partial charge in [0.15, 0.2) is 0 Å². The van der Waals surface area contributed by atoms with Crippen LogP contribution in [0.3, 0.4) is 0 Å². The lowest BCUT2D eigenvalue weighted by molar-refractivity contribution is -0.143. The summed E-state index contributed by atoms with van der Waals surface area (Å²) in [5.74, 6) is -0.994. The number of rotatable bonds is 5. The van der Waals surface area contributed by atoms with Gasteiger partial charge in [-0.15, -0.1) is 0 Å². The van der Waals surface area contributed by atoms with E-state index in [0.29, 0.717) is 18.7 Å². The maximum absolute atomic E-state index is 12.7. The number of benzene rings is 1. The fraction of sp³-hybridized carbons (Fsp3) is 0.500. The minimum atomic E-state index is -4.98. The number of nitrogens with one attached hydrogen (secondary N) is 2. The molecule has 0 heterocycles. The molecule has 2 N–H and O–H groups in total. The molecule has 0 aliphatic rings. The third-order valence-corrected chi connectivity index (χ3v) is 2.97. The number of amides is 1. The second kappa shape index (κ2) is 7.20. The van der Waals surface area contributed by atoms with Gasteiger partial charge in [0.25, 0.3) is 5.91 Å². The molecule has 23 heavy (non-hydrogen) atoms. The minimum Gasteiger partial charge on any atom is -0.350 e. The highest BCUT2D eigenvalue weighted by atomic mass is 19.4. The molecule has 0 spiro atoms. The largest absolute Gasteiger partial charge is 0.416 e. The van der Waals surface area contributed by atoms with E-state index in [-0.39, 0.29) is 18.7 Å². The Kier molecular flexibility index (Phi) is 6.04. The fourth-order valence-electron chi connectivity index (χ4n) is 1.85. The Morgan fingerprint density at radius 3 is 1.91 bits per heavy atom. The van der Waals surface area contributed by atoms with Crippen molar-refractivity contribution in [2.45, 2.75) is 32.2 Å². The number of carbonyl (C=O) groups is 1. The molecule has 0 aliphatic carbocycles. The van der Waals surface area contributed by atoms with E-state index < -0.39 is 35.0 Å². The van der Waals surface area contributed by atoms with Crippen molar-refractivity contribution >= 4 is 5.91 Å². The summed E-state index contributed by atoms with van der Waals surface area (Å²) in [5, 5.41) is 5.25. The van der Waals surface area contributed by atoms with Crippen molar-refractivity contribution in [2.75, 3.05) is 13.1 Å². The van der Waals surface area contributed by atoms with Crippen LogP contribution >= 0.6 is 0 Å². The second-order valence-corrected chi connectivity index (χ2v) is 4.96. The molecule has 9 heteroatoms. The van der Waals surface area contributed by atoms with Gasteiger partial charge in [-0.05, 0) is 31.7 Å². The average molecular weight is 342 g/mol. The lowest BCUT2D eigenvalue weighted by atomic mass is 10.0. The first kappa shape index (κ1) is 19.3. The van der Waals surface area contributed by atoms with Crippen LogP contribution in [0, 0.1) is 0 Å². The molecule has 0 radical (unpaired) electrons. The monoisotopic (exact) mass is 342 g/mol. The zero-order valence-corrected chi connectivity index (χ0v) is 12.4. The van der Waals surface area contributed by atoms with Gasteiger partial charge in [-0.25, -0.2) is 0 Å². The van der Waals surface area contributed by atoms with Crippen LogP contribution in [0.5, 0.6) is 0 Å². The maximum Gasteiger partial charge on any atom is 0.416 e. The predicted octanol–water partition coefficient (Wildman–Crippen LogP) is 3.45. The summed E-state index contributed by atoms with van der Waals surface area (Å²) in [5.41, 5.74) is -3.72. The van der Waals surface area contributed by atoms with Crippen LogP contribution < -0.4 is 10.6 Å². The normalized spacial score (nSPS) is 13.7. The van der Waals surface area contributed by atoms with Crippen molar-refractivity contribution < 1.29 is 31.1 Å². The maximum atomic E-state index is 12.7. The summed E-state index contributed by atoms with van der Waals surface area (Å²) in [6.07, 6.45) is -9.96. The van der Waals surface area contributed by atoms with Crippen molar-refractivity contribution in [3.05, 3.63) is 34.9 Å². The molecule has 1 atom stereocenters. The van der Waals surface area contributed by atoms with Gasteiger partial charge in [0.05, 0.1) is 11.1 Å². The predicted molar refractivity (Wildman–Crippen MR) is 71.9 cm³/mol. The van der Waals surface area contributed by atoms with Gasteiger partial charge >= 0.3 is 12.4 Å². The highest BCUT2D eigenvalue weighted by Crippen LogP contribution is 2.36. The standard InChI is InChI=1S/C14H16F6N2O/c1-3-21-8(2)7-22-12(23)9-4-10(13(15,16)17)6-11(5-9)14(18,19)20/h4-6,8,21H,3,7H2,1-2H3,(H,22,23)/t8-/m1/s1. The van der Waals surface area contributed by atoms with Crippen molar-refractivity contribution in [2.24, 2.45) is 0 Å². The topological polar surface area (TPSA) is 41.1 Å². The number of hydrogen-bond acceptors (Lipinski definition) is 2. The Morgan fingerprint density at radius 2 is 1.52 bits per heavy atom. The van der Waals surface area contributed by atoms with Gasteiger partial charge in [-0.1, -0.05) is 6.92 Å². The van der Waals surface area contributed by atoms with Gasteiger partial charge in [0.2, 0.25) is 0 Å². The summed E-state index contributed by atoms with van der Waals surface area (Å²) < 4.78 is 76.2. The van der Waals surface area contributed by atoms with Crippen LogP contribution in [-0.2, 0) is 12.4 Å². The van der Waals surface area contributed by atoms with E-state index in [1.165, 1.54) is 0 Å². The molecule has 0 aliphatic heterocycles. The van der Waals surface area contributed by atoms with Crippen molar-refractivity contribution in [1.29, 1.82) is 0 Å². The highest BCUT2D eigenvalue weighted by Gasteiger charge is 2.37. The van der Waals surface area contributed by atoms with Crippen molar-refractivity contribution in [1.82, 2.24) is 10.6 Å². The van der Waals surface area contributed by atoms with Crippen LogP contribution in [0.25, 0.3) is 0 Å². The van der Waals surface area contributed by atoms with Gasteiger partial charge in [-0.2, -0.15) is 26.3 Å². The van der Waals surface area contributed by atoms with Crippen LogP contribution in [0.1, 0.15) is 35.3 Å². The number of likely N-dealkylation sites (N-methyl/N-ethyl adjacent to an activating group) is 1. The first-order chi connectivity index (χ1) is 10.4. The minimum absolute atomic E-state index is 0.0158. The number of hydrogen-bond donors (Lipinski definition) is 2. The van der Waals surface area contributed by atoms with Gasteiger partial charge in [0.1, 0.15) is 0 Å². The first-order valence-electron chi connectivity index (χ1n) is 6.76. The molecule has 1 amide bonds. The lowest BCUT2D eigenvalue weighted by Crippen LogP contribution is -2.38. The molecular weight excluding hydrogens is 326 g/mol. The van der Waals surface area contributed by atoms with Crippen LogP contribution in [-0.4, -0.2) is 25.0 Å². The van der Waals surface area contributed by atoms with Crippen LogP contribution in [0.4, 0.5) is 26.3 Å². The molecule has 1 aromatic rings. The molecule has 1 aromatic carbocycles. The summed E-state index contributed by atoms with van der Waals surface area (Å²) in [7, 11) is 0. The lowest BCUT2D eigenvalue weighted by Gasteiger charge is -2.16.